The van der Waals surface area contributed by atoms with Gasteiger partial charge in [0.2, 0.25) is 0 Å². The van der Waals surface area contributed by atoms with E-state index in [9.17, 15) is 14.7 Å². The van der Waals surface area contributed by atoms with Crippen LogP contribution in [-0.2, 0) is 9.59 Å². The fourth-order valence-corrected chi connectivity index (χ4v) is 1.51. The summed E-state index contributed by atoms with van der Waals surface area (Å²) in [6, 6.07) is 7.64. The lowest BCUT2D eigenvalue weighted by molar-refractivity contribution is -0.364. The molecule has 23 heavy (non-hydrogen) atoms. The van der Waals surface area contributed by atoms with Gasteiger partial charge >= 0.3 is 11.9 Å². The van der Waals surface area contributed by atoms with Crippen LogP contribution in [0.5, 0.6) is 0 Å². The van der Waals surface area contributed by atoms with Crippen molar-refractivity contribution in [1.29, 1.82) is 0 Å². The molecule has 0 bridgehead atoms. The first-order valence-corrected chi connectivity index (χ1v) is 6.70. The lowest BCUT2D eigenvalue weighted by Gasteiger charge is -2.10. The molecule has 0 fully saturated rings. The number of nitrogen functional groups attached to an aromatic ring is 1. The molecule has 0 amide bonds. The topological polar surface area (TPSA) is 130 Å². The Morgan fingerprint density at radius 1 is 1.30 bits per heavy atom. The van der Waals surface area contributed by atoms with E-state index >= 15 is 0 Å². The molecule has 2 rings (SSSR count). The number of nitrogens with zero attached hydrogens (tertiary/aromatic N) is 1. The molecule has 1 aromatic heterocycles. The van der Waals surface area contributed by atoms with Gasteiger partial charge in [-0.25, -0.2) is 9.78 Å². The van der Waals surface area contributed by atoms with Crippen molar-refractivity contribution in [2.45, 2.75) is 6.92 Å². The zero-order valence-electron chi connectivity index (χ0n) is 12.1. The Labute approximate surface area is 137 Å². The van der Waals surface area contributed by atoms with E-state index in [1.54, 1.807) is 6.20 Å². The Balaban J connectivity index is 0.000000277. The van der Waals surface area contributed by atoms with Crippen LogP contribution in [0.2, 0.25) is 5.02 Å². The summed E-state index contributed by atoms with van der Waals surface area (Å²) >= 11 is 5.59. The minimum Gasteiger partial charge on any atom is -0.872 e. The van der Waals surface area contributed by atoms with E-state index in [0.717, 1.165) is 5.69 Å². The van der Waals surface area contributed by atoms with E-state index in [-0.39, 0.29) is 5.56 Å². The number of aliphatic carboxylic acids is 1. The van der Waals surface area contributed by atoms with Crippen LogP contribution < -0.4 is 15.8 Å². The highest BCUT2D eigenvalue weighted by Crippen LogP contribution is 2.13. The summed E-state index contributed by atoms with van der Waals surface area (Å²) in [5.41, 5.74) is 6.44. The number of ketones is 1. The van der Waals surface area contributed by atoms with Gasteiger partial charge < -0.3 is 10.2 Å². The van der Waals surface area contributed by atoms with Crippen molar-refractivity contribution >= 4 is 35.1 Å². The van der Waals surface area contributed by atoms with Gasteiger partial charge in [-0.15, -0.1) is 0 Å². The van der Waals surface area contributed by atoms with Gasteiger partial charge in [0.1, 0.15) is 5.69 Å². The fraction of sp³-hybridized carbons (Fsp3) is 0.0667. The molecule has 0 aliphatic carbocycles. The van der Waals surface area contributed by atoms with Crippen LogP contribution in [0.15, 0.2) is 42.6 Å². The minimum absolute atomic E-state index is 0.217. The zero-order chi connectivity index (χ0) is 17.4. The number of aromatic nitrogens is 2. The SMILES string of the molecule is Cc1cc[nH+]c(N)n1.O=C(O)C(=O)/C=C(\[O-])c1ccc(Cl)cc1. The number of carboxylic acids is 1. The molecule has 0 radical (unpaired) electrons. The molecule has 0 aliphatic heterocycles. The number of carboxylic acid groups (broad SMARTS) is 1. The predicted molar refractivity (Wildman–Crippen MR) is 82.0 cm³/mol. The smallest absolute Gasteiger partial charge is 0.387 e. The summed E-state index contributed by atoms with van der Waals surface area (Å²) < 4.78 is 0. The maximum atomic E-state index is 11.3. The molecule has 0 atom stereocenters. The third-order valence-electron chi connectivity index (χ3n) is 2.45. The molecule has 1 aromatic carbocycles. The van der Waals surface area contributed by atoms with Crippen molar-refractivity contribution in [3.05, 3.63) is 58.9 Å². The third-order valence-corrected chi connectivity index (χ3v) is 2.71. The van der Waals surface area contributed by atoms with Crippen molar-refractivity contribution in [3.8, 4) is 0 Å². The maximum absolute atomic E-state index is 11.3. The van der Waals surface area contributed by atoms with Crippen molar-refractivity contribution in [2.75, 3.05) is 5.73 Å². The van der Waals surface area contributed by atoms with Crippen molar-refractivity contribution in [1.82, 2.24) is 4.98 Å². The number of carbonyl (C=O) groups is 2. The molecule has 0 spiro atoms. The Kier molecular flexibility index (Phi) is 6.69. The van der Waals surface area contributed by atoms with Gasteiger partial charge in [0.05, 0.1) is 6.20 Å². The first-order chi connectivity index (χ1) is 10.8. The van der Waals surface area contributed by atoms with Crippen LogP contribution in [0, 0.1) is 6.92 Å². The first kappa shape index (κ1) is 18.1. The third kappa shape index (κ3) is 6.58. The van der Waals surface area contributed by atoms with Crippen LogP contribution in [0.1, 0.15) is 11.3 Å². The highest BCUT2D eigenvalue weighted by atomic mass is 35.5. The molecule has 0 saturated carbocycles. The minimum atomic E-state index is -1.66. The quantitative estimate of drug-likeness (QED) is 0.476. The maximum Gasteiger partial charge on any atom is 0.387 e. The van der Waals surface area contributed by atoms with Crippen molar-refractivity contribution < 1.29 is 24.8 Å². The number of benzene rings is 1. The molecule has 4 N–H and O–H groups in total. The van der Waals surface area contributed by atoms with E-state index in [2.05, 4.69) is 9.97 Å². The number of aromatic amines is 1. The molecule has 0 unspecified atom stereocenters. The van der Waals surface area contributed by atoms with Gasteiger partial charge in [0.15, 0.2) is 0 Å². The largest absolute Gasteiger partial charge is 0.872 e. The number of H-pyrrole nitrogens is 1. The average Bonchev–Trinajstić information content (AvgIpc) is 2.48. The summed E-state index contributed by atoms with van der Waals surface area (Å²) in [5, 5.41) is 20.0. The van der Waals surface area contributed by atoms with Gasteiger partial charge in [-0.3, -0.25) is 10.5 Å². The Bertz CT molecular complexity index is 713. The van der Waals surface area contributed by atoms with Gasteiger partial charge in [0, 0.05) is 11.1 Å². The Hall–Kier alpha value is -2.93. The molecule has 7 nitrogen and oxygen atoms in total. The number of rotatable bonds is 3. The van der Waals surface area contributed by atoms with Gasteiger partial charge in [-0.2, -0.15) is 0 Å². The summed E-state index contributed by atoms with van der Waals surface area (Å²) in [4.78, 5) is 27.5. The number of nitrogens with one attached hydrogen (secondary N) is 1. The van der Waals surface area contributed by atoms with E-state index in [4.69, 9.17) is 22.4 Å². The Morgan fingerprint density at radius 3 is 2.35 bits per heavy atom. The Morgan fingerprint density at radius 2 is 1.91 bits per heavy atom. The van der Waals surface area contributed by atoms with Gasteiger partial charge in [-0.1, -0.05) is 34.5 Å². The number of carbonyl (C=O) groups excluding carboxylic acids is 1. The second kappa shape index (κ2) is 8.50. The van der Waals surface area contributed by atoms with Crippen molar-refractivity contribution in [2.24, 2.45) is 0 Å². The van der Waals surface area contributed by atoms with Crippen LogP contribution >= 0.6 is 11.6 Å². The van der Waals surface area contributed by atoms with E-state index in [1.807, 2.05) is 13.0 Å². The standard InChI is InChI=1S/C10H7ClO4.C5H7N3/c11-7-3-1-6(2-4-7)8(12)5-9(13)10(14)15;1-4-2-3-7-5(6)8-4/h1-5,12H,(H,14,15);2-3H,1H3,(H2,6,7,8)/b8-5-;. The van der Waals surface area contributed by atoms with Crippen LogP contribution in [0.3, 0.4) is 0 Å². The summed E-state index contributed by atoms with van der Waals surface area (Å²) in [6.45, 7) is 1.89. The normalized spacial score (nSPS) is 10.4. The van der Waals surface area contributed by atoms with Crippen LogP contribution in [-0.4, -0.2) is 21.8 Å². The first-order valence-electron chi connectivity index (χ1n) is 6.32. The fourth-order valence-electron chi connectivity index (χ4n) is 1.39. The van der Waals surface area contributed by atoms with Crippen LogP contribution in [0.25, 0.3) is 5.76 Å². The van der Waals surface area contributed by atoms with Crippen LogP contribution in [0.4, 0.5) is 5.95 Å². The van der Waals surface area contributed by atoms with E-state index in [1.165, 1.54) is 24.3 Å². The zero-order valence-corrected chi connectivity index (χ0v) is 12.9. The number of nitrogens with two attached hydrogens (primary N) is 1. The molecule has 8 heteroatoms. The molecule has 2 aromatic rings. The number of aryl methyl sites for hydroxylation is 1. The van der Waals surface area contributed by atoms with Gasteiger partial charge in [-0.05, 0) is 30.7 Å². The summed E-state index contributed by atoms with van der Waals surface area (Å²) in [6.07, 6.45) is 2.29. The number of halogens is 1. The summed E-state index contributed by atoms with van der Waals surface area (Å²) in [5.74, 6) is -3.09. The molecule has 0 aliphatic rings. The molecular formula is C15H14ClN3O4. The summed E-state index contributed by atoms with van der Waals surface area (Å²) in [7, 11) is 0. The number of anilines is 1. The highest BCUT2D eigenvalue weighted by Gasteiger charge is 2.06. The molecule has 120 valence electrons. The lowest BCUT2D eigenvalue weighted by atomic mass is 10.1. The highest BCUT2D eigenvalue weighted by molar-refractivity contribution is 6.38. The molecule has 0 saturated heterocycles. The average molecular weight is 336 g/mol. The lowest BCUT2D eigenvalue weighted by Crippen LogP contribution is -2.13. The number of hydrogen-bond acceptors (Lipinski definition) is 5. The van der Waals surface area contributed by atoms with Gasteiger partial charge in [0.25, 0.3) is 5.78 Å². The number of hydrogen-bond donors (Lipinski definition) is 2. The van der Waals surface area contributed by atoms with E-state index in [0.29, 0.717) is 17.0 Å². The van der Waals surface area contributed by atoms with E-state index < -0.39 is 17.5 Å². The molecular weight excluding hydrogens is 322 g/mol. The second-order valence-corrected chi connectivity index (χ2v) is 4.74. The van der Waals surface area contributed by atoms with Crippen molar-refractivity contribution in [3.63, 3.8) is 0 Å². The second-order valence-electron chi connectivity index (χ2n) is 4.30. The monoisotopic (exact) mass is 335 g/mol. The molecule has 1 heterocycles. The predicted octanol–water partition coefficient (Wildman–Crippen LogP) is 0.481.